The Morgan fingerprint density at radius 1 is 1.33 bits per heavy atom. The lowest BCUT2D eigenvalue weighted by Gasteiger charge is -2.31. The number of hydrogen-bond donors (Lipinski definition) is 1. The maximum atomic E-state index is 5.75. The van der Waals surface area contributed by atoms with E-state index in [0.717, 1.165) is 18.3 Å². The standard InChI is InChI=1S/C16H25N3O.HI/c1-13-7-9-15(10-8-13)20-12-11-19(3)16(17-2)18-14-5-4-6-14;/h7-10,14H,4-6,11-12H2,1-3H3,(H,17,18);1H. The first-order valence-corrected chi connectivity index (χ1v) is 7.33. The van der Waals surface area contributed by atoms with Gasteiger partial charge >= 0.3 is 0 Å². The van der Waals surface area contributed by atoms with Crippen molar-refractivity contribution in [2.24, 2.45) is 4.99 Å². The number of rotatable bonds is 5. The van der Waals surface area contributed by atoms with E-state index < -0.39 is 0 Å². The van der Waals surface area contributed by atoms with Gasteiger partial charge in [-0.3, -0.25) is 4.99 Å². The summed E-state index contributed by atoms with van der Waals surface area (Å²) in [7, 11) is 3.88. The number of guanidine groups is 1. The lowest BCUT2D eigenvalue weighted by molar-refractivity contribution is 0.276. The first kappa shape index (κ1) is 18.1. The van der Waals surface area contributed by atoms with Gasteiger partial charge in [0, 0.05) is 20.1 Å². The summed E-state index contributed by atoms with van der Waals surface area (Å²) in [5.74, 6) is 1.88. The lowest BCUT2D eigenvalue weighted by Crippen LogP contribution is -2.47. The molecule has 1 aromatic carbocycles. The molecule has 0 radical (unpaired) electrons. The lowest BCUT2D eigenvalue weighted by atomic mass is 9.93. The molecule has 1 N–H and O–H groups in total. The predicted molar refractivity (Wildman–Crippen MR) is 98.9 cm³/mol. The largest absolute Gasteiger partial charge is 0.492 e. The van der Waals surface area contributed by atoms with Crippen LogP contribution in [-0.2, 0) is 0 Å². The quantitative estimate of drug-likeness (QED) is 0.467. The van der Waals surface area contributed by atoms with Gasteiger partial charge in [0.15, 0.2) is 5.96 Å². The van der Waals surface area contributed by atoms with Gasteiger partial charge < -0.3 is 15.0 Å². The molecule has 1 aliphatic rings. The monoisotopic (exact) mass is 403 g/mol. The van der Waals surface area contributed by atoms with Crippen molar-refractivity contribution in [1.82, 2.24) is 10.2 Å². The van der Waals surface area contributed by atoms with Gasteiger partial charge in [-0.25, -0.2) is 0 Å². The van der Waals surface area contributed by atoms with Crippen molar-refractivity contribution in [1.29, 1.82) is 0 Å². The summed E-state index contributed by atoms with van der Waals surface area (Å²) in [4.78, 5) is 6.44. The topological polar surface area (TPSA) is 36.9 Å². The Morgan fingerprint density at radius 2 is 2.00 bits per heavy atom. The first-order valence-electron chi connectivity index (χ1n) is 7.33. The van der Waals surface area contributed by atoms with Crippen LogP contribution in [0.5, 0.6) is 5.75 Å². The summed E-state index contributed by atoms with van der Waals surface area (Å²) in [6.07, 6.45) is 3.84. The molecule has 1 saturated carbocycles. The Hall–Kier alpha value is -0.980. The van der Waals surface area contributed by atoms with Crippen LogP contribution in [0.4, 0.5) is 0 Å². The van der Waals surface area contributed by atoms with Crippen molar-refractivity contribution in [3.05, 3.63) is 29.8 Å². The van der Waals surface area contributed by atoms with Crippen molar-refractivity contribution in [2.75, 3.05) is 27.2 Å². The fraction of sp³-hybridized carbons (Fsp3) is 0.562. The second-order valence-corrected chi connectivity index (χ2v) is 5.40. The Morgan fingerprint density at radius 3 is 2.52 bits per heavy atom. The zero-order valence-corrected chi connectivity index (χ0v) is 15.5. The Kier molecular flexibility index (Phi) is 7.85. The van der Waals surface area contributed by atoms with E-state index in [1.165, 1.54) is 24.8 Å². The fourth-order valence-corrected chi connectivity index (χ4v) is 2.12. The molecule has 1 aliphatic carbocycles. The molecule has 4 nitrogen and oxygen atoms in total. The summed E-state index contributed by atoms with van der Waals surface area (Å²) in [6.45, 7) is 3.55. The summed E-state index contributed by atoms with van der Waals surface area (Å²) in [6, 6.07) is 8.76. The summed E-state index contributed by atoms with van der Waals surface area (Å²) < 4.78 is 5.75. The SMILES string of the molecule is CN=C(NC1CCC1)N(C)CCOc1ccc(C)cc1.I. The van der Waals surface area contributed by atoms with E-state index in [-0.39, 0.29) is 24.0 Å². The minimum atomic E-state index is 0. The average Bonchev–Trinajstić information content (AvgIpc) is 2.40. The highest BCUT2D eigenvalue weighted by atomic mass is 127. The third-order valence-electron chi connectivity index (χ3n) is 3.73. The number of likely N-dealkylation sites (N-methyl/N-ethyl adjacent to an activating group) is 1. The summed E-state index contributed by atoms with van der Waals surface area (Å²) in [5, 5.41) is 3.48. The molecule has 0 atom stereocenters. The van der Waals surface area contributed by atoms with Crippen molar-refractivity contribution in [3.8, 4) is 5.75 Å². The zero-order chi connectivity index (χ0) is 14.4. The van der Waals surface area contributed by atoms with Crippen molar-refractivity contribution in [3.63, 3.8) is 0 Å². The van der Waals surface area contributed by atoms with Gasteiger partial charge in [0.05, 0.1) is 6.54 Å². The van der Waals surface area contributed by atoms with Gasteiger partial charge in [-0.1, -0.05) is 17.7 Å². The van der Waals surface area contributed by atoms with Gasteiger partial charge in [0.1, 0.15) is 12.4 Å². The number of benzene rings is 1. The van der Waals surface area contributed by atoms with Crippen molar-refractivity contribution in [2.45, 2.75) is 32.2 Å². The van der Waals surface area contributed by atoms with Crippen LogP contribution in [-0.4, -0.2) is 44.1 Å². The second kappa shape index (κ2) is 9.12. The Bertz CT molecular complexity index is 443. The van der Waals surface area contributed by atoms with Crippen LogP contribution in [0.3, 0.4) is 0 Å². The van der Waals surface area contributed by atoms with E-state index in [4.69, 9.17) is 4.74 Å². The van der Waals surface area contributed by atoms with Crippen LogP contribution in [0.2, 0.25) is 0 Å². The molecule has 0 heterocycles. The molecule has 1 fully saturated rings. The van der Waals surface area contributed by atoms with Gasteiger partial charge in [0.2, 0.25) is 0 Å². The molecule has 0 bridgehead atoms. The smallest absolute Gasteiger partial charge is 0.193 e. The number of aryl methyl sites for hydroxylation is 1. The molecule has 0 aromatic heterocycles. The average molecular weight is 403 g/mol. The van der Waals surface area contributed by atoms with E-state index in [9.17, 15) is 0 Å². The number of nitrogens with zero attached hydrogens (tertiary/aromatic N) is 2. The number of hydrogen-bond acceptors (Lipinski definition) is 2. The van der Waals surface area contributed by atoms with Gasteiger partial charge in [0.25, 0.3) is 0 Å². The van der Waals surface area contributed by atoms with E-state index in [1.54, 1.807) is 0 Å². The second-order valence-electron chi connectivity index (χ2n) is 5.40. The zero-order valence-electron chi connectivity index (χ0n) is 13.1. The highest BCUT2D eigenvalue weighted by Gasteiger charge is 2.19. The molecule has 1 aromatic rings. The minimum Gasteiger partial charge on any atom is -0.492 e. The van der Waals surface area contributed by atoms with Crippen LogP contribution in [0.25, 0.3) is 0 Å². The van der Waals surface area contributed by atoms with Gasteiger partial charge in [-0.05, 0) is 38.3 Å². The molecule has 0 spiro atoms. The molecule has 5 heteroatoms. The third-order valence-corrected chi connectivity index (χ3v) is 3.73. The number of ether oxygens (including phenoxy) is 1. The number of nitrogens with one attached hydrogen (secondary N) is 1. The molecular formula is C16H26IN3O. The summed E-state index contributed by atoms with van der Waals surface area (Å²) in [5.41, 5.74) is 1.25. The molecule has 0 amide bonds. The van der Waals surface area contributed by atoms with Gasteiger partial charge in [-0.15, -0.1) is 24.0 Å². The van der Waals surface area contributed by atoms with Crippen molar-refractivity contribution < 1.29 is 4.74 Å². The van der Waals surface area contributed by atoms with E-state index in [2.05, 4.69) is 34.3 Å². The molecule has 0 saturated heterocycles. The minimum absolute atomic E-state index is 0. The van der Waals surface area contributed by atoms with Crippen LogP contribution in [0.1, 0.15) is 24.8 Å². The van der Waals surface area contributed by atoms with Crippen LogP contribution in [0, 0.1) is 6.92 Å². The van der Waals surface area contributed by atoms with Crippen LogP contribution < -0.4 is 10.1 Å². The van der Waals surface area contributed by atoms with E-state index >= 15 is 0 Å². The third kappa shape index (κ3) is 5.73. The first-order chi connectivity index (χ1) is 9.69. The highest BCUT2D eigenvalue weighted by molar-refractivity contribution is 14.0. The van der Waals surface area contributed by atoms with Crippen molar-refractivity contribution >= 4 is 29.9 Å². The maximum Gasteiger partial charge on any atom is 0.193 e. The molecule has 2 rings (SSSR count). The van der Waals surface area contributed by atoms with E-state index in [0.29, 0.717) is 12.6 Å². The van der Waals surface area contributed by atoms with Crippen LogP contribution >= 0.6 is 24.0 Å². The Labute approximate surface area is 145 Å². The van der Waals surface area contributed by atoms with Gasteiger partial charge in [-0.2, -0.15) is 0 Å². The molecule has 21 heavy (non-hydrogen) atoms. The molecule has 0 unspecified atom stereocenters. The molecular weight excluding hydrogens is 377 g/mol. The predicted octanol–water partition coefficient (Wildman–Crippen LogP) is 3.05. The normalized spacial score (nSPS) is 14.9. The highest BCUT2D eigenvalue weighted by Crippen LogP contribution is 2.18. The molecule has 118 valence electrons. The van der Waals surface area contributed by atoms with E-state index in [1.807, 2.05) is 26.2 Å². The Balaban J connectivity index is 0.00000220. The maximum absolute atomic E-state index is 5.75. The summed E-state index contributed by atoms with van der Waals surface area (Å²) >= 11 is 0. The fourth-order valence-electron chi connectivity index (χ4n) is 2.12. The van der Waals surface area contributed by atoms with Crippen LogP contribution in [0.15, 0.2) is 29.3 Å². The number of aliphatic imine (C=N–C) groups is 1. The molecule has 0 aliphatic heterocycles. The number of halogens is 1.